The second-order valence-electron chi connectivity index (χ2n) is 17.3. The van der Waals surface area contributed by atoms with Crippen LogP contribution in [0.5, 0.6) is 0 Å². The molecular formula is C48H93NO8. The van der Waals surface area contributed by atoms with Gasteiger partial charge in [0.25, 0.3) is 0 Å². The third kappa shape index (κ3) is 29.7. The van der Waals surface area contributed by atoms with E-state index in [0.717, 1.165) is 38.5 Å². The molecule has 0 saturated carbocycles. The minimum absolute atomic E-state index is 0.173. The van der Waals surface area contributed by atoms with Crippen molar-refractivity contribution >= 4 is 5.91 Å². The number of allylic oxidation sites excluding steroid dienone is 1. The minimum Gasteiger partial charge on any atom is -0.394 e. The van der Waals surface area contributed by atoms with Gasteiger partial charge in [-0.1, -0.05) is 219 Å². The van der Waals surface area contributed by atoms with E-state index in [-0.39, 0.29) is 12.5 Å². The summed E-state index contributed by atoms with van der Waals surface area (Å²) in [7, 11) is 0. The van der Waals surface area contributed by atoms with Crippen molar-refractivity contribution in [1.29, 1.82) is 0 Å². The van der Waals surface area contributed by atoms with E-state index >= 15 is 0 Å². The maximum absolute atomic E-state index is 13.0. The second-order valence-corrected chi connectivity index (χ2v) is 17.3. The summed E-state index contributed by atoms with van der Waals surface area (Å²) >= 11 is 0. The van der Waals surface area contributed by atoms with E-state index in [1.807, 2.05) is 6.08 Å². The van der Waals surface area contributed by atoms with E-state index < -0.39 is 49.5 Å². The monoisotopic (exact) mass is 812 g/mol. The molecule has 0 aliphatic carbocycles. The molecule has 57 heavy (non-hydrogen) atoms. The van der Waals surface area contributed by atoms with Crippen LogP contribution in [-0.2, 0) is 14.3 Å². The van der Waals surface area contributed by atoms with Gasteiger partial charge in [0, 0.05) is 6.42 Å². The molecule has 1 amide bonds. The number of aliphatic hydroxyl groups is 5. The van der Waals surface area contributed by atoms with Crippen LogP contribution >= 0.6 is 0 Å². The summed E-state index contributed by atoms with van der Waals surface area (Å²) in [6.45, 7) is 3.79. The lowest BCUT2D eigenvalue weighted by atomic mass is 9.99. The summed E-state index contributed by atoms with van der Waals surface area (Å²) < 4.78 is 11.2. The molecule has 338 valence electrons. The minimum atomic E-state index is -1.56. The Bertz CT molecular complexity index is 904. The average Bonchev–Trinajstić information content (AvgIpc) is 3.21. The fourth-order valence-corrected chi connectivity index (χ4v) is 7.92. The SMILES string of the molecule is CCCCCCCCCCCCCCCCCC/C=C/C(O)C(COC1OC(CO)C(O)C(O)C1O)NC(=O)CCCCCCCCCCCCCCCCCC. The molecule has 0 aromatic carbocycles. The first-order chi connectivity index (χ1) is 27.8. The first-order valence-corrected chi connectivity index (χ1v) is 24.4. The summed E-state index contributed by atoms with van der Waals surface area (Å²) in [6, 6.07) is -0.798. The summed E-state index contributed by atoms with van der Waals surface area (Å²) in [5.74, 6) is -0.173. The summed E-state index contributed by atoms with van der Waals surface area (Å²) in [6.07, 6.45) is 38.2. The predicted octanol–water partition coefficient (Wildman–Crippen LogP) is 10.5. The van der Waals surface area contributed by atoms with Gasteiger partial charge < -0.3 is 40.3 Å². The van der Waals surface area contributed by atoms with Gasteiger partial charge in [0.15, 0.2) is 6.29 Å². The van der Waals surface area contributed by atoms with Gasteiger partial charge in [0.05, 0.1) is 25.4 Å². The van der Waals surface area contributed by atoms with Gasteiger partial charge >= 0.3 is 0 Å². The highest BCUT2D eigenvalue weighted by Crippen LogP contribution is 2.23. The van der Waals surface area contributed by atoms with Crippen LogP contribution in [0.15, 0.2) is 12.2 Å². The Morgan fingerprint density at radius 2 is 0.965 bits per heavy atom. The number of unbranched alkanes of at least 4 members (excludes halogenated alkanes) is 31. The lowest BCUT2D eigenvalue weighted by Crippen LogP contribution is -2.60. The Labute approximate surface area is 350 Å². The fraction of sp³-hybridized carbons (Fsp3) is 0.938. The molecule has 1 rings (SSSR count). The maximum atomic E-state index is 13.0. The van der Waals surface area contributed by atoms with Crippen molar-refractivity contribution in [2.45, 2.75) is 275 Å². The highest BCUT2D eigenvalue weighted by molar-refractivity contribution is 5.76. The third-order valence-corrected chi connectivity index (χ3v) is 11.9. The van der Waals surface area contributed by atoms with Gasteiger partial charge in [0.2, 0.25) is 5.91 Å². The van der Waals surface area contributed by atoms with Crippen LogP contribution in [0, 0.1) is 0 Å². The van der Waals surface area contributed by atoms with E-state index in [1.54, 1.807) is 6.08 Å². The third-order valence-electron chi connectivity index (χ3n) is 11.9. The lowest BCUT2D eigenvalue weighted by Gasteiger charge is -2.40. The Hall–Kier alpha value is -1.07. The van der Waals surface area contributed by atoms with Crippen molar-refractivity contribution in [3.63, 3.8) is 0 Å². The zero-order chi connectivity index (χ0) is 41.6. The molecule has 1 aliphatic heterocycles. The Morgan fingerprint density at radius 1 is 0.579 bits per heavy atom. The predicted molar refractivity (Wildman–Crippen MR) is 235 cm³/mol. The van der Waals surface area contributed by atoms with Crippen LogP contribution in [0.25, 0.3) is 0 Å². The zero-order valence-electron chi connectivity index (χ0n) is 37.1. The van der Waals surface area contributed by atoms with E-state index in [1.165, 1.54) is 173 Å². The second kappa shape index (κ2) is 39.1. The molecule has 0 aromatic heterocycles. The highest BCUT2D eigenvalue weighted by Gasteiger charge is 2.44. The molecule has 9 nitrogen and oxygen atoms in total. The number of hydrogen-bond donors (Lipinski definition) is 6. The van der Waals surface area contributed by atoms with Crippen molar-refractivity contribution in [1.82, 2.24) is 5.32 Å². The van der Waals surface area contributed by atoms with Gasteiger partial charge in [-0.3, -0.25) is 4.79 Å². The Morgan fingerprint density at radius 3 is 1.37 bits per heavy atom. The molecule has 1 fully saturated rings. The van der Waals surface area contributed by atoms with Gasteiger partial charge in [-0.05, 0) is 19.3 Å². The number of nitrogens with one attached hydrogen (secondary N) is 1. The summed E-state index contributed by atoms with van der Waals surface area (Å²) in [4.78, 5) is 13.0. The Kier molecular flexibility index (Phi) is 37.0. The number of ether oxygens (including phenoxy) is 2. The quantitative estimate of drug-likeness (QED) is 0.0264. The van der Waals surface area contributed by atoms with E-state index in [2.05, 4.69) is 19.2 Å². The van der Waals surface area contributed by atoms with Crippen LogP contribution in [0.4, 0.5) is 0 Å². The molecule has 0 bridgehead atoms. The number of amides is 1. The van der Waals surface area contributed by atoms with Gasteiger partial charge in [-0.15, -0.1) is 0 Å². The standard InChI is InChI=1S/C48H93NO8/c1-3-5-7-9-11-13-15-17-19-21-22-23-25-27-29-31-33-35-37-42(51)41(40-56-48-47(55)46(54)45(53)43(39-50)57-48)49-44(52)38-36-34-32-30-28-26-24-20-18-16-14-12-10-8-6-4-2/h35,37,41-43,45-48,50-51,53-55H,3-34,36,38-40H2,1-2H3,(H,49,52)/b37-35+. The van der Waals surface area contributed by atoms with Crippen molar-refractivity contribution in [2.75, 3.05) is 13.2 Å². The van der Waals surface area contributed by atoms with Gasteiger partial charge in [-0.2, -0.15) is 0 Å². The summed E-state index contributed by atoms with van der Waals surface area (Å²) in [5.41, 5.74) is 0. The van der Waals surface area contributed by atoms with Crippen molar-refractivity contribution in [2.24, 2.45) is 0 Å². The van der Waals surface area contributed by atoms with E-state index in [9.17, 15) is 30.3 Å². The van der Waals surface area contributed by atoms with Crippen molar-refractivity contribution in [3.05, 3.63) is 12.2 Å². The van der Waals surface area contributed by atoms with Crippen LogP contribution in [0.2, 0.25) is 0 Å². The fourth-order valence-electron chi connectivity index (χ4n) is 7.92. The lowest BCUT2D eigenvalue weighted by molar-refractivity contribution is -0.302. The Balaban J connectivity index is 2.32. The molecule has 1 heterocycles. The molecule has 0 aromatic rings. The van der Waals surface area contributed by atoms with Crippen molar-refractivity contribution in [3.8, 4) is 0 Å². The summed E-state index contributed by atoms with van der Waals surface area (Å²) in [5, 5.41) is 54.3. The van der Waals surface area contributed by atoms with E-state index in [4.69, 9.17) is 9.47 Å². The molecule has 7 unspecified atom stereocenters. The number of aliphatic hydroxyl groups excluding tert-OH is 5. The largest absolute Gasteiger partial charge is 0.394 e. The van der Waals surface area contributed by atoms with Gasteiger partial charge in [-0.25, -0.2) is 0 Å². The highest BCUT2D eigenvalue weighted by atomic mass is 16.7. The molecule has 0 radical (unpaired) electrons. The molecule has 0 spiro atoms. The smallest absolute Gasteiger partial charge is 0.220 e. The van der Waals surface area contributed by atoms with Crippen LogP contribution in [-0.4, -0.2) is 87.5 Å². The van der Waals surface area contributed by atoms with Crippen molar-refractivity contribution < 1.29 is 39.8 Å². The first kappa shape index (κ1) is 53.9. The average molecular weight is 812 g/mol. The van der Waals surface area contributed by atoms with Gasteiger partial charge in [0.1, 0.15) is 24.4 Å². The van der Waals surface area contributed by atoms with Crippen LogP contribution in [0.3, 0.4) is 0 Å². The zero-order valence-corrected chi connectivity index (χ0v) is 37.1. The molecule has 1 saturated heterocycles. The van der Waals surface area contributed by atoms with Crippen LogP contribution < -0.4 is 5.32 Å². The maximum Gasteiger partial charge on any atom is 0.220 e. The first-order valence-electron chi connectivity index (χ1n) is 24.4. The number of carbonyl (C=O) groups is 1. The number of carbonyl (C=O) groups excluding carboxylic acids is 1. The number of rotatable bonds is 41. The topological polar surface area (TPSA) is 149 Å². The molecule has 9 heteroatoms. The molecule has 7 atom stereocenters. The molecular weight excluding hydrogens is 719 g/mol. The normalized spacial score (nSPS) is 21.0. The number of hydrogen-bond acceptors (Lipinski definition) is 8. The molecule has 1 aliphatic rings. The van der Waals surface area contributed by atoms with Crippen LogP contribution in [0.1, 0.15) is 232 Å². The molecule has 6 N–H and O–H groups in total. The van der Waals surface area contributed by atoms with E-state index in [0.29, 0.717) is 6.42 Å².